The normalized spacial score (nSPS) is 26.8. The Hall–Kier alpha value is -1.05. The highest BCUT2D eigenvalue weighted by Crippen LogP contribution is 2.24. The predicted molar refractivity (Wildman–Crippen MR) is 54.2 cm³/mol. The van der Waals surface area contributed by atoms with Crippen molar-refractivity contribution in [3.63, 3.8) is 0 Å². The van der Waals surface area contributed by atoms with E-state index in [1.165, 1.54) is 0 Å². The summed E-state index contributed by atoms with van der Waals surface area (Å²) in [4.78, 5) is 11.6. The summed E-state index contributed by atoms with van der Waals surface area (Å²) in [6.07, 6.45) is 7.86. The van der Waals surface area contributed by atoms with E-state index in [0.717, 1.165) is 12.8 Å². The number of rotatable bonds is 3. The van der Waals surface area contributed by atoms with Gasteiger partial charge < -0.3 is 5.32 Å². The molecule has 0 aromatic rings. The molecule has 0 aromatic heterocycles. The lowest BCUT2D eigenvalue weighted by molar-refractivity contribution is -0.126. The molecule has 72 valence electrons. The van der Waals surface area contributed by atoms with E-state index in [-0.39, 0.29) is 11.8 Å². The molecule has 1 N–H and O–H groups in total. The van der Waals surface area contributed by atoms with Gasteiger partial charge in [0.15, 0.2) is 0 Å². The molecule has 1 rings (SSSR count). The predicted octanol–water partition coefficient (Wildman–Crippen LogP) is 1.89. The minimum Gasteiger partial charge on any atom is -0.352 e. The van der Waals surface area contributed by atoms with Crippen molar-refractivity contribution in [2.45, 2.75) is 19.8 Å². The van der Waals surface area contributed by atoms with Gasteiger partial charge >= 0.3 is 0 Å². The number of nitrogens with one attached hydrogen (secondary N) is 1. The van der Waals surface area contributed by atoms with Crippen molar-refractivity contribution in [3.05, 3.63) is 24.8 Å². The number of amides is 1. The monoisotopic (exact) mass is 179 g/mol. The van der Waals surface area contributed by atoms with Crippen LogP contribution in [0.2, 0.25) is 0 Å². The van der Waals surface area contributed by atoms with E-state index in [1.54, 1.807) is 6.08 Å². The fraction of sp³-hybridized carbons (Fsp3) is 0.545. The maximum Gasteiger partial charge on any atom is 0.223 e. The molecule has 1 amide bonds. The topological polar surface area (TPSA) is 29.1 Å². The molecule has 0 saturated heterocycles. The maximum absolute atomic E-state index is 11.6. The van der Waals surface area contributed by atoms with Gasteiger partial charge in [0, 0.05) is 12.5 Å². The van der Waals surface area contributed by atoms with Gasteiger partial charge in [-0.25, -0.2) is 0 Å². The third kappa shape index (κ3) is 2.72. The Kier molecular flexibility index (Phi) is 3.74. The Morgan fingerprint density at radius 1 is 1.62 bits per heavy atom. The molecule has 2 heteroatoms. The number of hydrogen-bond donors (Lipinski definition) is 1. The quantitative estimate of drug-likeness (QED) is 0.659. The summed E-state index contributed by atoms with van der Waals surface area (Å²) in [6.45, 7) is 6.27. The molecule has 13 heavy (non-hydrogen) atoms. The second kappa shape index (κ2) is 4.85. The third-order valence-corrected chi connectivity index (χ3v) is 2.51. The molecule has 0 heterocycles. The molecular formula is C11H17NO. The van der Waals surface area contributed by atoms with E-state index >= 15 is 0 Å². The zero-order valence-corrected chi connectivity index (χ0v) is 8.12. The van der Waals surface area contributed by atoms with Crippen LogP contribution in [0, 0.1) is 11.8 Å². The van der Waals surface area contributed by atoms with Crippen LogP contribution in [0.1, 0.15) is 19.8 Å². The van der Waals surface area contributed by atoms with E-state index in [2.05, 4.69) is 31.0 Å². The van der Waals surface area contributed by atoms with E-state index < -0.39 is 0 Å². The Morgan fingerprint density at radius 2 is 2.31 bits per heavy atom. The molecule has 0 bridgehead atoms. The molecule has 0 aromatic carbocycles. The van der Waals surface area contributed by atoms with Crippen molar-refractivity contribution in [1.29, 1.82) is 0 Å². The third-order valence-electron chi connectivity index (χ3n) is 2.51. The smallest absolute Gasteiger partial charge is 0.223 e. The van der Waals surface area contributed by atoms with Gasteiger partial charge in [-0.15, -0.1) is 6.58 Å². The van der Waals surface area contributed by atoms with Crippen LogP contribution in [0.25, 0.3) is 0 Å². The van der Waals surface area contributed by atoms with Crippen LogP contribution in [0.5, 0.6) is 0 Å². The van der Waals surface area contributed by atoms with Crippen LogP contribution in [0.3, 0.4) is 0 Å². The highest BCUT2D eigenvalue weighted by molar-refractivity contribution is 5.79. The summed E-state index contributed by atoms with van der Waals surface area (Å²) >= 11 is 0. The summed E-state index contributed by atoms with van der Waals surface area (Å²) in [6, 6.07) is 0. The zero-order chi connectivity index (χ0) is 9.68. The van der Waals surface area contributed by atoms with Gasteiger partial charge in [-0.05, 0) is 18.8 Å². The molecule has 0 saturated carbocycles. The lowest BCUT2D eigenvalue weighted by atomic mass is 9.84. The average molecular weight is 179 g/mol. The molecule has 1 aliphatic rings. The van der Waals surface area contributed by atoms with Crippen molar-refractivity contribution in [2.24, 2.45) is 11.8 Å². The standard InChI is InChI=1S/C11H17NO/c1-3-8-12-11(13)10-7-5-4-6-9(10)2/h3-5,9-10H,1,6-8H2,2H3,(H,12,13)/t9-,10-/m1/s1. The fourth-order valence-corrected chi connectivity index (χ4v) is 1.62. The summed E-state index contributed by atoms with van der Waals surface area (Å²) in [7, 11) is 0. The average Bonchev–Trinajstić information content (AvgIpc) is 2.15. The minimum atomic E-state index is 0.157. The van der Waals surface area contributed by atoms with Gasteiger partial charge in [0.25, 0.3) is 0 Å². The van der Waals surface area contributed by atoms with E-state index in [9.17, 15) is 4.79 Å². The molecule has 0 spiro atoms. The molecule has 0 radical (unpaired) electrons. The van der Waals surface area contributed by atoms with Crippen molar-refractivity contribution < 1.29 is 4.79 Å². The summed E-state index contributed by atoms with van der Waals surface area (Å²) in [5, 5.41) is 2.84. The van der Waals surface area contributed by atoms with Crippen LogP contribution in [0.4, 0.5) is 0 Å². The Bertz CT molecular complexity index is 220. The number of carbonyl (C=O) groups excluding carboxylic acids is 1. The number of carbonyl (C=O) groups is 1. The first-order valence-electron chi connectivity index (χ1n) is 4.79. The van der Waals surface area contributed by atoms with E-state index in [0.29, 0.717) is 12.5 Å². The summed E-state index contributed by atoms with van der Waals surface area (Å²) < 4.78 is 0. The van der Waals surface area contributed by atoms with E-state index in [4.69, 9.17) is 0 Å². The Labute approximate surface area is 79.7 Å². The highest BCUT2D eigenvalue weighted by atomic mass is 16.1. The molecule has 2 atom stereocenters. The maximum atomic E-state index is 11.6. The van der Waals surface area contributed by atoms with Gasteiger partial charge in [-0.3, -0.25) is 4.79 Å². The van der Waals surface area contributed by atoms with Gasteiger partial charge in [-0.2, -0.15) is 0 Å². The number of allylic oxidation sites excluding steroid dienone is 2. The summed E-state index contributed by atoms with van der Waals surface area (Å²) in [5.74, 6) is 0.788. The van der Waals surface area contributed by atoms with Gasteiger partial charge in [0.1, 0.15) is 0 Å². The van der Waals surface area contributed by atoms with Crippen molar-refractivity contribution in [3.8, 4) is 0 Å². The number of hydrogen-bond acceptors (Lipinski definition) is 1. The summed E-state index contributed by atoms with van der Waals surface area (Å²) in [5.41, 5.74) is 0. The van der Waals surface area contributed by atoms with Crippen molar-refractivity contribution >= 4 is 5.91 Å². The highest BCUT2D eigenvalue weighted by Gasteiger charge is 2.24. The van der Waals surface area contributed by atoms with Crippen LogP contribution in [0.15, 0.2) is 24.8 Å². The molecule has 1 aliphatic carbocycles. The van der Waals surface area contributed by atoms with Crippen LogP contribution < -0.4 is 5.32 Å². The SMILES string of the molecule is C=CCNC(=O)[C@@H]1CC=CC[C@H]1C. The van der Waals surface area contributed by atoms with Crippen LogP contribution in [-0.4, -0.2) is 12.5 Å². The lowest BCUT2D eigenvalue weighted by Crippen LogP contribution is -2.34. The zero-order valence-electron chi connectivity index (χ0n) is 8.12. The minimum absolute atomic E-state index is 0.157. The van der Waals surface area contributed by atoms with Crippen LogP contribution >= 0.6 is 0 Å². The van der Waals surface area contributed by atoms with E-state index in [1.807, 2.05) is 0 Å². The molecule has 2 nitrogen and oxygen atoms in total. The Morgan fingerprint density at radius 3 is 2.92 bits per heavy atom. The Balaban J connectivity index is 2.45. The molecular weight excluding hydrogens is 162 g/mol. The van der Waals surface area contributed by atoms with Gasteiger partial charge in [-0.1, -0.05) is 25.2 Å². The second-order valence-electron chi connectivity index (χ2n) is 3.56. The first-order valence-corrected chi connectivity index (χ1v) is 4.79. The van der Waals surface area contributed by atoms with Gasteiger partial charge in [0.2, 0.25) is 5.91 Å². The lowest BCUT2D eigenvalue weighted by Gasteiger charge is -2.23. The first-order chi connectivity index (χ1) is 6.25. The van der Waals surface area contributed by atoms with Crippen molar-refractivity contribution in [1.82, 2.24) is 5.32 Å². The molecule has 0 aliphatic heterocycles. The van der Waals surface area contributed by atoms with Gasteiger partial charge in [0.05, 0.1) is 0 Å². The molecule has 0 fully saturated rings. The fourth-order valence-electron chi connectivity index (χ4n) is 1.62. The van der Waals surface area contributed by atoms with Crippen LogP contribution in [-0.2, 0) is 4.79 Å². The second-order valence-corrected chi connectivity index (χ2v) is 3.56. The first kappa shape index (κ1) is 10.0. The van der Waals surface area contributed by atoms with Crippen molar-refractivity contribution in [2.75, 3.05) is 6.54 Å². The largest absolute Gasteiger partial charge is 0.352 e. The molecule has 0 unspecified atom stereocenters.